The Morgan fingerprint density at radius 1 is 1.47 bits per heavy atom. The van der Waals surface area contributed by atoms with Crippen LogP contribution in [0.25, 0.3) is 11.3 Å². The van der Waals surface area contributed by atoms with E-state index in [0.29, 0.717) is 11.5 Å². The van der Waals surface area contributed by atoms with Crippen molar-refractivity contribution in [1.29, 1.82) is 0 Å². The van der Waals surface area contributed by atoms with Gasteiger partial charge in [0.2, 0.25) is 0 Å². The number of pyridine rings is 1. The Hall–Kier alpha value is -1.55. The maximum absolute atomic E-state index is 13.6. The lowest BCUT2D eigenvalue weighted by Crippen LogP contribution is -1.97. The number of hydrogen-bond acceptors (Lipinski definition) is 3. The van der Waals surface area contributed by atoms with E-state index >= 15 is 0 Å². The van der Waals surface area contributed by atoms with Crippen LogP contribution in [0.2, 0.25) is 5.02 Å². The van der Waals surface area contributed by atoms with Gasteiger partial charge in [0, 0.05) is 6.20 Å². The fourth-order valence-electron chi connectivity index (χ4n) is 1.28. The van der Waals surface area contributed by atoms with Gasteiger partial charge in [-0.1, -0.05) is 11.6 Å². The van der Waals surface area contributed by atoms with Crippen LogP contribution in [0.3, 0.4) is 0 Å². The molecule has 2 rings (SSSR count). The molecule has 0 bridgehead atoms. The molecule has 15 heavy (non-hydrogen) atoms. The molecule has 0 fully saturated rings. The molecule has 0 amide bonds. The summed E-state index contributed by atoms with van der Waals surface area (Å²) in [5.74, 6) is 0.181. The minimum atomic E-state index is -0.656. The van der Waals surface area contributed by atoms with Crippen LogP contribution >= 0.6 is 11.6 Å². The molecule has 0 spiro atoms. The van der Waals surface area contributed by atoms with Gasteiger partial charge in [-0.15, -0.1) is 0 Å². The van der Waals surface area contributed by atoms with Crippen molar-refractivity contribution in [3.8, 4) is 11.3 Å². The van der Waals surface area contributed by atoms with Crippen molar-refractivity contribution >= 4 is 17.4 Å². The third-order valence-electron chi connectivity index (χ3n) is 1.99. The highest BCUT2D eigenvalue weighted by Crippen LogP contribution is 2.33. The normalized spacial score (nSPS) is 10.6. The number of aryl methyl sites for hydroxylation is 1. The molecule has 0 unspecified atom stereocenters. The SMILES string of the molecule is Cc1ccc(-c2c(Cl)cnc(N)c2F)o1. The second-order valence-electron chi connectivity index (χ2n) is 3.09. The summed E-state index contributed by atoms with van der Waals surface area (Å²) in [6.07, 6.45) is 1.30. The minimum absolute atomic E-state index is 0.150. The van der Waals surface area contributed by atoms with E-state index in [1.807, 2.05) is 0 Å². The first-order valence-electron chi connectivity index (χ1n) is 4.26. The fraction of sp³-hybridized carbons (Fsp3) is 0.100. The molecule has 0 aliphatic heterocycles. The number of anilines is 1. The zero-order chi connectivity index (χ0) is 11.0. The molecule has 2 heterocycles. The predicted octanol–water partition coefficient (Wildman–Crippen LogP) is 3.02. The first kappa shape index (κ1) is 9.98. The number of halogens is 2. The standard InChI is InChI=1S/C10H8ClFN2O/c1-5-2-3-7(15-5)8-6(11)4-14-10(13)9(8)12/h2-4H,1H3,(H2,13,14). The van der Waals surface area contributed by atoms with E-state index < -0.39 is 5.82 Å². The summed E-state index contributed by atoms with van der Waals surface area (Å²) in [7, 11) is 0. The third-order valence-corrected chi connectivity index (χ3v) is 2.27. The van der Waals surface area contributed by atoms with Crippen LogP contribution in [0.5, 0.6) is 0 Å². The smallest absolute Gasteiger partial charge is 0.177 e. The van der Waals surface area contributed by atoms with Gasteiger partial charge in [-0.3, -0.25) is 0 Å². The van der Waals surface area contributed by atoms with Crippen LogP contribution in [0, 0.1) is 12.7 Å². The van der Waals surface area contributed by atoms with Gasteiger partial charge in [-0.25, -0.2) is 9.37 Å². The average molecular weight is 227 g/mol. The number of aromatic nitrogens is 1. The summed E-state index contributed by atoms with van der Waals surface area (Å²) < 4.78 is 18.9. The summed E-state index contributed by atoms with van der Waals surface area (Å²) in [4.78, 5) is 3.60. The van der Waals surface area contributed by atoms with Gasteiger partial charge in [0.25, 0.3) is 0 Å². The second kappa shape index (κ2) is 3.55. The highest BCUT2D eigenvalue weighted by Gasteiger charge is 2.16. The number of hydrogen-bond donors (Lipinski definition) is 1. The van der Waals surface area contributed by atoms with Crippen LogP contribution in [-0.2, 0) is 0 Å². The molecule has 0 aromatic carbocycles. The molecule has 0 atom stereocenters. The van der Waals surface area contributed by atoms with E-state index in [4.69, 9.17) is 21.8 Å². The number of rotatable bonds is 1. The van der Waals surface area contributed by atoms with Gasteiger partial charge in [-0.05, 0) is 19.1 Å². The van der Waals surface area contributed by atoms with Crippen molar-refractivity contribution in [2.75, 3.05) is 5.73 Å². The van der Waals surface area contributed by atoms with Crippen molar-refractivity contribution in [1.82, 2.24) is 4.98 Å². The van der Waals surface area contributed by atoms with E-state index in [-0.39, 0.29) is 16.4 Å². The summed E-state index contributed by atoms with van der Waals surface area (Å²) in [6, 6.07) is 3.36. The van der Waals surface area contributed by atoms with Crippen molar-refractivity contribution in [3.63, 3.8) is 0 Å². The molecule has 5 heteroatoms. The van der Waals surface area contributed by atoms with Gasteiger partial charge < -0.3 is 10.2 Å². The van der Waals surface area contributed by atoms with Crippen LogP contribution < -0.4 is 5.73 Å². The molecule has 3 nitrogen and oxygen atoms in total. The van der Waals surface area contributed by atoms with Gasteiger partial charge in [0.1, 0.15) is 11.5 Å². The van der Waals surface area contributed by atoms with Gasteiger partial charge in [0.05, 0.1) is 10.6 Å². The van der Waals surface area contributed by atoms with Crippen molar-refractivity contribution in [2.45, 2.75) is 6.92 Å². The van der Waals surface area contributed by atoms with Crippen LogP contribution in [0.1, 0.15) is 5.76 Å². The Bertz CT molecular complexity index is 510. The molecule has 2 aromatic rings. The molecule has 2 N–H and O–H groups in total. The molecule has 0 saturated heterocycles. The lowest BCUT2D eigenvalue weighted by atomic mass is 10.2. The Balaban J connectivity index is 2.66. The van der Waals surface area contributed by atoms with E-state index in [1.54, 1.807) is 19.1 Å². The molecule has 0 aliphatic carbocycles. The molecular formula is C10H8ClFN2O. The van der Waals surface area contributed by atoms with Gasteiger partial charge >= 0.3 is 0 Å². The monoisotopic (exact) mass is 226 g/mol. The second-order valence-corrected chi connectivity index (χ2v) is 3.50. The lowest BCUT2D eigenvalue weighted by molar-refractivity contribution is 0.540. The van der Waals surface area contributed by atoms with Crippen LogP contribution in [0.4, 0.5) is 10.2 Å². The van der Waals surface area contributed by atoms with E-state index in [9.17, 15) is 4.39 Å². The number of nitrogens with two attached hydrogens (primary N) is 1. The molecule has 0 aliphatic rings. The predicted molar refractivity (Wildman–Crippen MR) is 56.1 cm³/mol. The topological polar surface area (TPSA) is 52.0 Å². The number of nitrogens with zero attached hydrogens (tertiary/aromatic N) is 1. The van der Waals surface area contributed by atoms with E-state index in [0.717, 1.165) is 0 Å². The Morgan fingerprint density at radius 3 is 2.80 bits per heavy atom. The lowest BCUT2D eigenvalue weighted by Gasteiger charge is -2.03. The molecule has 78 valence electrons. The van der Waals surface area contributed by atoms with Crippen molar-refractivity contribution < 1.29 is 8.81 Å². The molecular weight excluding hydrogens is 219 g/mol. The third kappa shape index (κ3) is 1.68. The maximum Gasteiger partial charge on any atom is 0.177 e. The fourth-order valence-corrected chi connectivity index (χ4v) is 1.50. The van der Waals surface area contributed by atoms with Crippen molar-refractivity contribution in [3.05, 3.63) is 34.9 Å². The zero-order valence-corrected chi connectivity index (χ0v) is 8.68. The summed E-state index contributed by atoms with van der Waals surface area (Å²) in [5.41, 5.74) is 5.50. The van der Waals surface area contributed by atoms with Gasteiger partial charge in [0.15, 0.2) is 11.6 Å². The maximum atomic E-state index is 13.6. The Labute approximate surface area is 90.7 Å². The molecule has 0 saturated carbocycles. The number of furan rings is 1. The Kier molecular flexibility index (Phi) is 2.36. The van der Waals surface area contributed by atoms with E-state index in [1.165, 1.54) is 6.20 Å². The highest BCUT2D eigenvalue weighted by atomic mass is 35.5. The molecule has 2 aromatic heterocycles. The first-order chi connectivity index (χ1) is 7.09. The van der Waals surface area contributed by atoms with Crippen LogP contribution in [-0.4, -0.2) is 4.98 Å². The average Bonchev–Trinajstić information content (AvgIpc) is 2.59. The summed E-state index contributed by atoms with van der Waals surface area (Å²) in [6.45, 7) is 1.76. The minimum Gasteiger partial charge on any atom is -0.461 e. The van der Waals surface area contributed by atoms with Crippen molar-refractivity contribution in [2.24, 2.45) is 0 Å². The quantitative estimate of drug-likeness (QED) is 0.813. The van der Waals surface area contributed by atoms with E-state index in [2.05, 4.69) is 4.98 Å². The van der Waals surface area contributed by atoms with Gasteiger partial charge in [-0.2, -0.15) is 0 Å². The molecule has 0 radical (unpaired) electrons. The van der Waals surface area contributed by atoms with Crippen LogP contribution in [0.15, 0.2) is 22.7 Å². The number of nitrogen functional groups attached to an aromatic ring is 1. The zero-order valence-electron chi connectivity index (χ0n) is 7.92. The Morgan fingerprint density at radius 2 is 2.20 bits per heavy atom. The summed E-state index contributed by atoms with van der Waals surface area (Å²) in [5, 5.41) is 0.177. The first-order valence-corrected chi connectivity index (χ1v) is 4.63. The summed E-state index contributed by atoms with van der Waals surface area (Å²) >= 11 is 5.83. The largest absolute Gasteiger partial charge is 0.461 e. The highest BCUT2D eigenvalue weighted by molar-refractivity contribution is 6.33.